The van der Waals surface area contributed by atoms with Crippen LogP contribution in [0, 0.1) is 0 Å². The van der Waals surface area contributed by atoms with Gasteiger partial charge in [-0.25, -0.2) is 0 Å². The lowest BCUT2D eigenvalue weighted by atomic mass is 10.3. The summed E-state index contributed by atoms with van der Waals surface area (Å²) < 4.78 is 0. The summed E-state index contributed by atoms with van der Waals surface area (Å²) in [5, 5.41) is 0.187. The van der Waals surface area contributed by atoms with E-state index in [0.717, 1.165) is 12.8 Å². The van der Waals surface area contributed by atoms with E-state index in [4.69, 9.17) is 23.2 Å². The molecule has 0 aromatic rings. The number of rotatable bonds is 3. The Morgan fingerprint density at radius 2 is 2.14 bits per heavy atom. The van der Waals surface area contributed by atoms with Crippen LogP contribution >= 0.6 is 23.2 Å². The van der Waals surface area contributed by atoms with E-state index in [1.807, 2.05) is 0 Å². The van der Waals surface area contributed by atoms with Gasteiger partial charge in [0.1, 0.15) is 0 Å². The molecule has 0 fully saturated rings. The minimum Gasteiger partial charge on any atom is -0.125 e. The van der Waals surface area contributed by atoms with Crippen molar-refractivity contribution in [2.24, 2.45) is 0 Å². The second kappa shape index (κ2) is 4.73. The Balaban J connectivity index is 2.83. The summed E-state index contributed by atoms with van der Waals surface area (Å²) in [5.74, 6) is 0.579. The van der Waals surface area contributed by atoms with Crippen LogP contribution in [0.1, 0.15) is 19.8 Å². The van der Waals surface area contributed by atoms with Crippen LogP contribution in [0.15, 0.2) is 0 Å². The molecule has 0 saturated heterocycles. The smallest absolute Gasteiger partial charge is 0.0471 e. The summed E-state index contributed by atoms with van der Waals surface area (Å²) in [6.07, 6.45) is 2.16. The quantitative estimate of drug-likeness (QED) is 0.530. The Hall–Kier alpha value is 0.580. The first-order chi connectivity index (χ1) is 3.31. The van der Waals surface area contributed by atoms with E-state index in [9.17, 15) is 0 Å². The average Bonchev–Trinajstić information content (AvgIpc) is 1.68. The van der Waals surface area contributed by atoms with Gasteiger partial charge in [-0.05, 0) is 6.42 Å². The molecule has 44 valence electrons. The van der Waals surface area contributed by atoms with Gasteiger partial charge in [0.2, 0.25) is 0 Å². The maximum atomic E-state index is 5.63. The zero-order chi connectivity index (χ0) is 5.70. The maximum Gasteiger partial charge on any atom is 0.0471 e. The van der Waals surface area contributed by atoms with Crippen molar-refractivity contribution in [3.05, 3.63) is 0 Å². The molecule has 0 aliphatic carbocycles. The van der Waals surface area contributed by atoms with Gasteiger partial charge < -0.3 is 0 Å². The molecule has 0 saturated carbocycles. The second-order valence-electron chi connectivity index (χ2n) is 1.54. The summed E-state index contributed by atoms with van der Waals surface area (Å²) in [6.45, 7) is 2.10. The van der Waals surface area contributed by atoms with Crippen LogP contribution in [-0.2, 0) is 0 Å². The first-order valence-corrected chi connectivity index (χ1v) is 3.48. The van der Waals surface area contributed by atoms with Crippen LogP contribution in [0.3, 0.4) is 0 Å². The van der Waals surface area contributed by atoms with Crippen molar-refractivity contribution in [2.45, 2.75) is 25.1 Å². The predicted octanol–water partition coefficient (Wildman–Crippen LogP) is 2.63. The van der Waals surface area contributed by atoms with Crippen LogP contribution in [0.25, 0.3) is 0 Å². The molecule has 7 heavy (non-hydrogen) atoms. The van der Waals surface area contributed by atoms with Gasteiger partial charge in [0, 0.05) is 11.3 Å². The molecule has 0 amide bonds. The summed E-state index contributed by atoms with van der Waals surface area (Å²) in [7, 11) is 0. The Bertz CT molecular complexity index is 37.1. The highest BCUT2D eigenvalue weighted by Gasteiger charge is 1.97. The van der Waals surface area contributed by atoms with Crippen LogP contribution in [0.2, 0.25) is 0 Å². The Morgan fingerprint density at radius 1 is 1.57 bits per heavy atom. The van der Waals surface area contributed by atoms with Crippen molar-refractivity contribution in [1.29, 1.82) is 0 Å². The molecule has 0 unspecified atom stereocenters. The van der Waals surface area contributed by atoms with Gasteiger partial charge in [-0.1, -0.05) is 13.3 Å². The molecule has 0 N–H and O–H groups in total. The molecule has 0 aliphatic heterocycles. The van der Waals surface area contributed by atoms with E-state index in [2.05, 4.69) is 6.92 Å². The third-order valence-electron chi connectivity index (χ3n) is 0.769. The Morgan fingerprint density at radius 3 is 2.29 bits per heavy atom. The number of alkyl halides is 2. The van der Waals surface area contributed by atoms with Gasteiger partial charge in [-0.2, -0.15) is 0 Å². The van der Waals surface area contributed by atoms with Gasteiger partial charge in [0.25, 0.3) is 0 Å². The molecule has 0 spiro atoms. The molecule has 0 rings (SSSR count). The van der Waals surface area contributed by atoms with Crippen LogP contribution in [-0.4, -0.2) is 11.3 Å². The molecule has 0 aliphatic rings. The zero-order valence-electron chi connectivity index (χ0n) is 4.45. The van der Waals surface area contributed by atoms with E-state index >= 15 is 0 Å². The molecule has 0 heterocycles. The monoisotopic (exact) mass is 140 g/mol. The average molecular weight is 141 g/mol. The van der Waals surface area contributed by atoms with Crippen molar-refractivity contribution in [2.75, 3.05) is 5.88 Å². The van der Waals surface area contributed by atoms with E-state index in [1.165, 1.54) is 0 Å². The van der Waals surface area contributed by atoms with Gasteiger partial charge in [-0.15, -0.1) is 23.2 Å². The largest absolute Gasteiger partial charge is 0.125 e. The normalized spacial score (nSPS) is 14.1. The highest BCUT2D eigenvalue weighted by molar-refractivity contribution is 6.28. The minimum atomic E-state index is 0.187. The topological polar surface area (TPSA) is 0 Å². The van der Waals surface area contributed by atoms with E-state index in [0.29, 0.717) is 5.88 Å². The maximum absolute atomic E-state index is 5.63. The SMILES string of the molecule is CCC[C@@H](Cl)CCl. The third kappa shape index (κ3) is 4.43. The standard InChI is InChI=1S/C5H10Cl2/c1-2-3-5(7)4-6/h5H,2-4H2,1H3/t5-/m1/s1. The lowest BCUT2D eigenvalue weighted by molar-refractivity contribution is 0.784. The van der Waals surface area contributed by atoms with Crippen molar-refractivity contribution in [1.82, 2.24) is 0 Å². The fourth-order valence-electron chi connectivity index (χ4n) is 0.390. The summed E-state index contributed by atoms with van der Waals surface area (Å²) >= 11 is 11.0. The zero-order valence-corrected chi connectivity index (χ0v) is 5.97. The second-order valence-corrected chi connectivity index (χ2v) is 2.47. The highest BCUT2D eigenvalue weighted by atomic mass is 35.5. The lowest BCUT2D eigenvalue weighted by Crippen LogP contribution is -1.97. The van der Waals surface area contributed by atoms with Crippen molar-refractivity contribution in [3.63, 3.8) is 0 Å². The van der Waals surface area contributed by atoms with E-state index in [-0.39, 0.29) is 5.38 Å². The van der Waals surface area contributed by atoms with Gasteiger partial charge >= 0.3 is 0 Å². The molecular formula is C5H10Cl2. The Kier molecular flexibility index (Phi) is 5.12. The fraction of sp³-hybridized carbons (Fsp3) is 1.00. The van der Waals surface area contributed by atoms with Crippen molar-refractivity contribution in [3.8, 4) is 0 Å². The van der Waals surface area contributed by atoms with Gasteiger partial charge in [-0.3, -0.25) is 0 Å². The summed E-state index contributed by atoms with van der Waals surface area (Å²) in [6, 6.07) is 0. The minimum absolute atomic E-state index is 0.187. The summed E-state index contributed by atoms with van der Waals surface area (Å²) in [5.41, 5.74) is 0. The third-order valence-corrected chi connectivity index (χ3v) is 1.67. The Labute approximate surface area is 54.8 Å². The number of halogens is 2. The van der Waals surface area contributed by atoms with Gasteiger partial charge in [0.15, 0.2) is 0 Å². The van der Waals surface area contributed by atoms with E-state index in [1.54, 1.807) is 0 Å². The van der Waals surface area contributed by atoms with Crippen LogP contribution in [0.4, 0.5) is 0 Å². The first kappa shape index (κ1) is 7.58. The molecule has 0 aromatic heterocycles. The van der Waals surface area contributed by atoms with Crippen molar-refractivity contribution < 1.29 is 0 Å². The molecule has 0 nitrogen and oxygen atoms in total. The van der Waals surface area contributed by atoms with Crippen molar-refractivity contribution >= 4 is 23.2 Å². The number of hydrogen-bond acceptors (Lipinski definition) is 0. The van der Waals surface area contributed by atoms with Crippen LogP contribution in [0.5, 0.6) is 0 Å². The van der Waals surface area contributed by atoms with E-state index < -0.39 is 0 Å². The first-order valence-electron chi connectivity index (χ1n) is 2.51. The lowest BCUT2D eigenvalue weighted by Gasteiger charge is -1.98. The predicted molar refractivity (Wildman–Crippen MR) is 35.3 cm³/mol. The molecule has 1 atom stereocenters. The van der Waals surface area contributed by atoms with Gasteiger partial charge in [0.05, 0.1) is 0 Å². The van der Waals surface area contributed by atoms with Crippen LogP contribution < -0.4 is 0 Å². The molecule has 0 aromatic carbocycles. The molecule has 0 radical (unpaired) electrons. The fourth-order valence-corrected chi connectivity index (χ4v) is 0.763. The number of hydrogen-bond donors (Lipinski definition) is 0. The molecule has 2 heteroatoms. The molecule has 0 bridgehead atoms. The molecular weight excluding hydrogens is 131 g/mol. The summed E-state index contributed by atoms with van der Waals surface area (Å²) in [4.78, 5) is 0. The highest BCUT2D eigenvalue weighted by Crippen LogP contribution is 2.05.